The van der Waals surface area contributed by atoms with Crippen molar-refractivity contribution in [3.05, 3.63) is 22.3 Å². The Morgan fingerprint density at radius 1 is 1.22 bits per heavy atom. The number of carbonyl (C=O) groups is 1. The second-order valence-corrected chi connectivity index (χ2v) is 6.76. The monoisotopic (exact) mass is 319 g/mol. The summed E-state index contributed by atoms with van der Waals surface area (Å²) in [6, 6.07) is 0.0395. The van der Waals surface area contributed by atoms with E-state index in [1.807, 2.05) is 20.8 Å². The molecule has 1 unspecified atom stereocenters. The summed E-state index contributed by atoms with van der Waals surface area (Å²) < 4.78 is 11.9. The molecule has 23 heavy (non-hydrogen) atoms. The minimum Gasteiger partial charge on any atom is -0.487 e. The molecule has 3 rings (SSSR count). The Morgan fingerprint density at radius 3 is 2.43 bits per heavy atom. The summed E-state index contributed by atoms with van der Waals surface area (Å²) in [5.74, 6) is 1.26. The normalized spacial score (nSPS) is 21.3. The van der Waals surface area contributed by atoms with Gasteiger partial charge in [0.05, 0.1) is 13.2 Å². The molecule has 1 aromatic carbocycles. The van der Waals surface area contributed by atoms with Gasteiger partial charge in [0.25, 0.3) is 0 Å². The van der Waals surface area contributed by atoms with Gasteiger partial charge < -0.3 is 14.3 Å². The molecule has 5 nitrogen and oxygen atoms in total. The SMILES string of the molecule is CONC1CC2(CCC2)Oc2c(C)c(C)c(OC(C)=O)c(C)c21. The molecule has 1 fully saturated rings. The zero-order valence-corrected chi connectivity index (χ0v) is 14.5. The van der Waals surface area contributed by atoms with Crippen LogP contribution >= 0.6 is 0 Å². The molecule has 5 heteroatoms. The van der Waals surface area contributed by atoms with Crippen molar-refractivity contribution in [2.24, 2.45) is 0 Å². The van der Waals surface area contributed by atoms with Gasteiger partial charge in [0, 0.05) is 24.5 Å². The first-order valence-electron chi connectivity index (χ1n) is 8.18. The maximum atomic E-state index is 11.5. The lowest BCUT2D eigenvalue weighted by Gasteiger charge is -2.49. The van der Waals surface area contributed by atoms with Gasteiger partial charge >= 0.3 is 5.97 Å². The van der Waals surface area contributed by atoms with Crippen molar-refractivity contribution in [3.63, 3.8) is 0 Å². The first-order chi connectivity index (χ1) is 10.9. The summed E-state index contributed by atoms with van der Waals surface area (Å²) >= 11 is 0. The highest BCUT2D eigenvalue weighted by Gasteiger charge is 2.47. The number of hydrogen-bond acceptors (Lipinski definition) is 5. The lowest BCUT2D eigenvalue weighted by atomic mass is 9.72. The van der Waals surface area contributed by atoms with Gasteiger partial charge in [0.15, 0.2) is 0 Å². The predicted octanol–water partition coefficient (Wildman–Crippen LogP) is 3.43. The van der Waals surface area contributed by atoms with E-state index in [9.17, 15) is 4.79 Å². The van der Waals surface area contributed by atoms with Crippen molar-refractivity contribution < 1.29 is 19.1 Å². The van der Waals surface area contributed by atoms with Gasteiger partial charge in [-0.3, -0.25) is 4.79 Å². The number of benzene rings is 1. The topological polar surface area (TPSA) is 56.8 Å². The second kappa shape index (κ2) is 5.80. The fourth-order valence-corrected chi connectivity index (χ4v) is 3.82. The largest absolute Gasteiger partial charge is 0.487 e. The highest BCUT2D eigenvalue weighted by molar-refractivity contribution is 5.72. The zero-order valence-electron chi connectivity index (χ0n) is 14.5. The van der Waals surface area contributed by atoms with E-state index in [0.29, 0.717) is 5.75 Å². The number of fused-ring (bicyclic) bond motifs is 1. The molecule has 2 aliphatic rings. The van der Waals surface area contributed by atoms with E-state index in [-0.39, 0.29) is 17.6 Å². The predicted molar refractivity (Wildman–Crippen MR) is 86.7 cm³/mol. The molecule has 0 bridgehead atoms. The van der Waals surface area contributed by atoms with Crippen molar-refractivity contribution in [1.82, 2.24) is 5.48 Å². The molecule has 1 aromatic rings. The third kappa shape index (κ3) is 2.62. The molecule has 0 saturated heterocycles. The summed E-state index contributed by atoms with van der Waals surface area (Å²) in [5, 5.41) is 0. The van der Waals surface area contributed by atoms with Gasteiger partial charge in [-0.1, -0.05) is 0 Å². The Morgan fingerprint density at radius 2 is 1.91 bits per heavy atom. The number of ether oxygens (including phenoxy) is 2. The van der Waals surface area contributed by atoms with Crippen LogP contribution in [0.3, 0.4) is 0 Å². The van der Waals surface area contributed by atoms with Crippen LogP contribution in [0.2, 0.25) is 0 Å². The zero-order chi connectivity index (χ0) is 16.8. The third-order valence-corrected chi connectivity index (χ3v) is 5.25. The van der Waals surface area contributed by atoms with E-state index in [0.717, 1.165) is 47.3 Å². The molecule has 0 aromatic heterocycles. The van der Waals surface area contributed by atoms with Crippen molar-refractivity contribution in [3.8, 4) is 11.5 Å². The van der Waals surface area contributed by atoms with Gasteiger partial charge in [-0.2, -0.15) is 5.48 Å². The molecular weight excluding hydrogens is 294 g/mol. The van der Waals surface area contributed by atoms with Gasteiger partial charge in [-0.05, 0) is 51.2 Å². The molecule has 1 atom stereocenters. The quantitative estimate of drug-likeness (QED) is 0.525. The van der Waals surface area contributed by atoms with Crippen molar-refractivity contribution >= 4 is 5.97 Å². The van der Waals surface area contributed by atoms with Crippen LogP contribution in [-0.4, -0.2) is 18.7 Å². The average molecular weight is 319 g/mol. The van der Waals surface area contributed by atoms with Gasteiger partial charge in [0.1, 0.15) is 17.1 Å². The molecule has 1 spiro atoms. The molecule has 126 valence electrons. The first kappa shape index (κ1) is 16.3. The van der Waals surface area contributed by atoms with Crippen LogP contribution in [0.1, 0.15) is 60.9 Å². The lowest BCUT2D eigenvalue weighted by molar-refractivity contribution is -0.132. The van der Waals surface area contributed by atoms with Crippen molar-refractivity contribution in [2.75, 3.05) is 7.11 Å². The molecule has 1 heterocycles. The van der Waals surface area contributed by atoms with Gasteiger partial charge in [-0.15, -0.1) is 0 Å². The highest BCUT2D eigenvalue weighted by atomic mass is 16.6. The lowest BCUT2D eigenvalue weighted by Crippen LogP contribution is -2.49. The maximum absolute atomic E-state index is 11.5. The number of nitrogens with one attached hydrogen (secondary N) is 1. The second-order valence-electron chi connectivity index (χ2n) is 6.76. The number of esters is 1. The van der Waals surface area contributed by atoms with E-state index in [4.69, 9.17) is 14.3 Å². The Balaban J connectivity index is 2.15. The van der Waals surface area contributed by atoms with Gasteiger partial charge in [0.2, 0.25) is 0 Å². The summed E-state index contributed by atoms with van der Waals surface area (Å²) in [6.45, 7) is 7.42. The number of carbonyl (C=O) groups excluding carboxylic acids is 1. The number of hydroxylamine groups is 1. The van der Waals surface area contributed by atoms with E-state index >= 15 is 0 Å². The molecule has 1 saturated carbocycles. The minimum absolute atomic E-state index is 0.0395. The van der Waals surface area contributed by atoms with Crippen LogP contribution in [0.25, 0.3) is 0 Å². The van der Waals surface area contributed by atoms with Crippen LogP contribution in [-0.2, 0) is 9.63 Å². The molecule has 1 N–H and O–H groups in total. The standard InChI is InChI=1S/C18H25NO4/c1-10-11(2)17-15(12(3)16(10)22-13(4)20)14(19-21-5)9-18(23-17)7-6-8-18/h14,19H,6-9H2,1-5H3. The molecule has 1 aliphatic heterocycles. The van der Waals surface area contributed by atoms with E-state index in [2.05, 4.69) is 5.48 Å². The Labute approximate surface area is 137 Å². The van der Waals surface area contributed by atoms with E-state index in [1.54, 1.807) is 7.11 Å². The van der Waals surface area contributed by atoms with Crippen LogP contribution in [0.5, 0.6) is 11.5 Å². The number of rotatable bonds is 3. The smallest absolute Gasteiger partial charge is 0.308 e. The third-order valence-electron chi connectivity index (χ3n) is 5.25. The molecule has 0 amide bonds. The fraction of sp³-hybridized carbons (Fsp3) is 0.611. The summed E-state index contributed by atoms with van der Waals surface area (Å²) in [7, 11) is 1.63. The molecular formula is C18H25NO4. The summed E-state index contributed by atoms with van der Waals surface area (Å²) in [6.07, 6.45) is 4.24. The maximum Gasteiger partial charge on any atom is 0.308 e. The molecule has 1 aliphatic carbocycles. The van der Waals surface area contributed by atoms with E-state index in [1.165, 1.54) is 13.3 Å². The highest BCUT2D eigenvalue weighted by Crippen LogP contribution is 2.53. The minimum atomic E-state index is -0.306. The van der Waals surface area contributed by atoms with Crippen LogP contribution in [0.15, 0.2) is 0 Å². The Hall–Kier alpha value is -1.59. The Bertz CT molecular complexity index is 649. The fourth-order valence-electron chi connectivity index (χ4n) is 3.82. The van der Waals surface area contributed by atoms with Crippen LogP contribution in [0.4, 0.5) is 0 Å². The summed E-state index contributed by atoms with van der Waals surface area (Å²) in [4.78, 5) is 16.7. The van der Waals surface area contributed by atoms with Crippen molar-refractivity contribution in [1.29, 1.82) is 0 Å². The van der Waals surface area contributed by atoms with Crippen LogP contribution < -0.4 is 15.0 Å². The summed E-state index contributed by atoms with van der Waals surface area (Å²) in [5.41, 5.74) is 7.03. The Kier molecular flexibility index (Phi) is 4.10. The first-order valence-corrected chi connectivity index (χ1v) is 8.18. The average Bonchev–Trinajstić information content (AvgIpc) is 2.47. The number of hydrogen-bond donors (Lipinski definition) is 1. The van der Waals surface area contributed by atoms with Gasteiger partial charge in [-0.25, -0.2) is 0 Å². The van der Waals surface area contributed by atoms with Crippen LogP contribution in [0, 0.1) is 20.8 Å². The van der Waals surface area contributed by atoms with E-state index < -0.39 is 0 Å². The molecule has 0 radical (unpaired) electrons. The van der Waals surface area contributed by atoms with Crippen molar-refractivity contribution in [2.45, 2.75) is 65.0 Å².